The van der Waals surface area contributed by atoms with Crippen molar-refractivity contribution in [2.75, 3.05) is 11.9 Å². The van der Waals surface area contributed by atoms with Crippen LogP contribution in [0.2, 0.25) is 0 Å². The molecule has 1 atom stereocenters. The number of pyridine rings is 1. The highest BCUT2D eigenvalue weighted by Gasteiger charge is 2.35. The van der Waals surface area contributed by atoms with Gasteiger partial charge >= 0.3 is 12.2 Å². The number of hydrogen-bond acceptors (Lipinski definition) is 4. The summed E-state index contributed by atoms with van der Waals surface area (Å²) < 4.78 is 44.1. The number of carbonyl (C=O) groups excluding carboxylic acids is 1. The smallest absolute Gasteiger partial charge is 0.359 e. The summed E-state index contributed by atoms with van der Waals surface area (Å²) in [6, 6.07) is 7.56. The van der Waals surface area contributed by atoms with Crippen molar-refractivity contribution < 1.29 is 22.5 Å². The van der Waals surface area contributed by atoms with Gasteiger partial charge in [0.15, 0.2) is 5.76 Å². The number of benzene rings is 1. The number of rotatable bonds is 2. The second-order valence-corrected chi connectivity index (χ2v) is 7.14. The zero-order valence-corrected chi connectivity index (χ0v) is 16.3. The van der Waals surface area contributed by atoms with Crippen molar-refractivity contribution in [3.63, 3.8) is 0 Å². The van der Waals surface area contributed by atoms with Crippen LogP contribution in [0.3, 0.4) is 0 Å². The van der Waals surface area contributed by atoms with Crippen LogP contribution in [0.1, 0.15) is 39.9 Å². The van der Waals surface area contributed by atoms with Gasteiger partial charge in [-0.15, -0.1) is 0 Å². The number of fused-ring (bicyclic) bond motifs is 1. The van der Waals surface area contributed by atoms with Crippen LogP contribution in [0.4, 0.5) is 23.7 Å². The number of aryl methyl sites for hydroxylation is 2. The molecule has 9 heteroatoms. The van der Waals surface area contributed by atoms with Gasteiger partial charge in [0.05, 0.1) is 11.3 Å². The van der Waals surface area contributed by atoms with E-state index >= 15 is 0 Å². The number of aromatic nitrogens is 2. The van der Waals surface area contributed by atoms with Gasteiger partial charge in [0, 0.05) is 12.7 Å². The van der Waals surface area contributed by atoms with Crippen molar-refractivity contribution in [3.8, 4) is 0 Å². The molecular weight excluding hydrogens is 397 g/mol. The van der Waals surface area contributed by atoms with Gasteiger partial charge in [-0.1, -0.05) is 23.4 Å². The number of amides is 2. The Morgan fingerprint density at radius 3 is 2.57 bits per heavy atom. The average molecular weight is 416 g/mol. The zero-order valence-electron chi connectivity index (χ0n) is 16.3. The standard InChI is InChI=1S/C21H19F3N4O2/c1-12-17(13(2)30-27-12)26-20(29)28-11-9-14-4-3-10-25-18(14)19(28)15-5-7-16(8-6-15)21(22,23)24/h3-8,10,19H,9,11H2,1-2H3,(H,26,29). The maximum Gasteiger partial charge on any atom is 0.416 e. The van der Waals surface area contributed by atoms with Crippen LogP contribution in [0, 0.1) is 13.8 Å². The van der Waals surface area contributed by atoms with E-state index < -0.39 is 23.8 Å². The van der Waals surface area contributed by atoms with E-state index in [1.165, 1.54) is 12.1 Å². The third-order valence-corrected chi connectivity index (χ3v) is 5.20. The molecule has 0 spiro atoms. The normalized spacial score (nSPS) is 16.3. The SMILES string of the molecule is Cc1noc(C)c1NC(=O)N1CCc2cccnc2C1c1ccc(C(F)(F)F)cc1. The van der Waals surface area contributed by atoms with Gasteiger partial charge in [0.1, 0.15) is 17.4 Å². The Hall–Kier alpha value is -3.36. The summed E-state index contributed by atoms with van der Waals surface area (Å²) in [5.41, 5.74) is 2.45. The second-order valence-electron chi connectivity index (χ2n) is 7.14. The van der Waals surface area contributed by atoms with E-state index in [-0.39, 0.29) is 0 Å². The van der Waals surface area contributed by atoms with Crippen LogP contribution >= 0.6 is 0 Å². The van der Waals surface area contributed by atoms with E-state index in [9.17, 15) is 18.0 Å². The number of alkyl halides is 3. The fourth-order valence-corrected chi connectivity index (χ4v) is 3.68. The maximum atomic E-state index is 13.1. The number of nitrogens with one attached hydrogen (secondary N) is 1. The first-order chi connectivity index (χ1) is 14.3. The monoisotopic (exact) mass is 416 g/mol. The van der Waals surface area contributed by atoms with Crippen molar-refractivity contribution in [1.29, 1.82) is 0 Å². The summed E-state index contributed by atoms with van der Waals surface area (Å²) >= 11 is 0. The molecule has 0 saturated carbocycles. The molecule has 30 heavy (non-hydrogen) atoms. The predicted molar refractivity (Wildman–Crippen MR) is 103 cm³/mol. The molecule has 0 bridgehead atoms. The molecule has 6 nitrogen and oxygen atoms in total. The molecule has 1 aliphatic rings. The van der Waals surface area contributed by atoms with E-state index in [2.05, 4.69) is 15.5 Å². The average Bonchev–Trinajstić information content (AvgIpc) is 3.04. The van der Waals surface area contributed by atoms with Gasteiger partial charge in [0.25, 0.3) is 0 Å². The highest BCUT2D eigenvalue weighted by atomic mass is 19.4. The number of hydrogen-bond donors (Lipinski definition) is 1. The quantitative estimate of drug-likeness (QED) is 0.646. The lowest BCUT2D eigenvalue weighted by Gasteiger charge is -2.36. The van der Waals surface area contributed by atoms with Gasteiger partial charge < -0.3 is 14.7 Å². The number of anilines is 1. The van der Waals surface area contributed by atoms with Gasteiger partial charge in [0.2, 0.25) is 0 Å². The van der Waals surface area contributed by atoms with Crippen LogP contribution in [0.5, 0.6) is 0 Å². The van der Waals surface area contributed by atoms with E-state index in [0.29, 0.717) is 41.4 Å². The van der Waals surface area contributed by atoms with E-state index in [1.807, 2.05) is 12.1 Å². The molecule has 2 amide bonds. The van der Waals surface area contributed by atoms with Crippen molar-refractivity contribution in [1.82, 2.24) is 15.0 Å². The van der Waals surface area contributed by atoms with Crippen LogP contribution in [0.15, 0.2) is 47.1 Å². The Balaban J connectivity index is 1.72. The van der Waals surface area contributed by atoms with Crippen LogP contribution in [-0.4, -0.2) is 27.6 Å². The summed E-state index contributed by atoms with van der Waals surface area (Å²) in [6.07, 6.45) is -2.22. The molecule has 0 radical (unpaired) electrons. The first-order valence-corrected chi connectivity index (χ1v) is 9.37. The number of halogens is 3. The zero-order chi connectivity index (χ0) is 21.5. The third kappa shape index (κ3) is 3.62. The lowest BCUT2D eigenvalue weighted by molar-refractivity contribution is -0.137. The summed E-state index contributed by atoms with van der Waals surface area (Å²) in [4.78, 5) is 19.1. The molecule has 1 aromatic carbocycles. The van der Waals surface area contributed by atoms with E-state index in [4.69, 9.17) is 4.52 Å². The van der Waals surface area contributed by atoms with Gasteiger partial charge in [-0.3, -0.25) is 4.98 Å². The molecule has 0 aliphatic carbocycles. The lowest BCUT2D eigenvalue weighted by atomic mass is 9.92. The molecule has 1 unspecified atom stereocenters. The summed E-state index contributed by atoms with van der Waals surface area (Å²) in [7, 11) is 0. The molecule has 1 N–H and O–H groups in total. The summed E-state index contributed by atoms with van der Waals surface area (Å²) in [5.74, 6) is 0.475. The summed E-state index contributed by atoms with van der Waals surface area (Å²) in [6.45, 7) is 3.79. The first-order valence-electron chi connectivity index (χ1n) is 9.37. The lowest BCUT2D eigenvalue weighted by Crippen LogP contribution is -2.43. The van der Waals surface area contributed by atoms with E-state index in [0.717, 1.165) is 17.7 Å². The highest BCUT2D eigenvalue weighted by Crippen LogP contribution is 2.36. The maximum absolute atomic E-state index is 13.1. The highest BCUT2D eigenvalue weighted by molar-refractivity contribution is 5.91. The van der Waals surface area contributed by atoms with Crippen LogP contribution in [0.25, 0.3) is 0 Å². The number of urea groups is 1. The second kappa shape index (κ2) is 7.47. The van der Waals surface area contributed by atoms with Crippen molar-refractivity contribution in [3.05, 3.63) is 76.4 Å². The Labute approximate surface area is 170 Å². The van der Waals surface area contributed by atoms with E-state index in [1.54, 1.807) is 24.9 Å². The minimum atomic E-state index is -4.43. The minimum Gasteiger partial charge on any atom is -0.359 e. The fraction of sp³-hybridized carbons (Fsp3) is 0.286. The van der Waals surface area contributed by atoms with Crippen LogP contribution in [-0.2, 0) is 12.6 Å². The molecule has 1 aliphatic heterocycles. The topological polar surface area (TPSA) is 71.3 Å². The van der Waals surface area contributed by atoms with Crippen molar-refractivity contribution in [2.45, 2.75) is 32.5 Å². The van der Waals surface area contributed by atoms with Crippen molar-refractivity contribution >= 4 is 11.7 Å². The molecule has 3 aromatic rings. The van der Waals surface area contributed by atoms with Crippen molar-refractivity contribution in [2.24, 2.45) is 0 Å². The molecule has 0 fully saturated rings. The first kappa shape index (κ1) is 19.9. The van der Waals surface area contributed by atoms with Crippen LogP contribution < -0.4 is 5.32 Å². The van der Waals surface area contributed by atoms with Gasteiger partial charge in [-0.05, 0) is 49.6 Å². The largest absolute Gasteiger partial charge is 0.416 e. The Kier molecular flexibility index (Phi) is 4.97. The van der Waals surface area contributed by atoms with Gasteiger partial charge in [-0.2, -0.15) is 13.2 Å². The third-order valence-electron chi connectivity index (χ3n) is 5.20. The molecule has 2 aromatic heterocycles. The number of nitrogens with zero attached hydrogens (tertiary/aromatic N) is 3. The molecular formula is C21H19F3N4O2. The molecule has 3 heterocycles. The fourth-order valence-electron chi connectivity index (χ4n) is 3.68. The van der Waals surface area contributed by atoms with Gasteiger partial charge in [-0.25, -0.2) is 4.79 Å². The number of carbonyl (C=O) groups is 1. The minimum absolute atomic E-state index is 0.388. The predicted octanol–water partition coefficient (Wildman–Crippen LogP) is 4.88. The summed E-state index contributed by atoms with van der Waals surface area (Å²) in [5, 5.41) is 6.65. The molecule has 156 valence electrons. The Morgan fingerprint density at radius 2 is 1.93 bits per heavy atom. The Morgan fingerprint density at radius 1 is 1.20 bits per heavy atom. The molecule has 4 rings (SSSR count). The Bertz CT molecular complexity index is 1060. The molecule has 0 saturated heterocycles.